The van der Waals surface area contributed by atoms with Crippen LogP contribution in [-0.4, -0.2) is 19.3 Å². The van der Waals surface area contributed by atoms with E-state index >= 15 is 0 Å². The van der Waals surface area contributed by atoms with Crippen LogP contribution in [0.5, 0.6) is 0 Å². The minimum Gasteiger partial charge on any atom is -0.278 e. The smallest absolute Gasteiger partial charge is 0.163 e. The lowest BCUT2D eigenvalue weighted by Gasteiger charge is -2.10. The van der Waals surface area contributed by atoms with Crippen LogP contribution in [-0.2, 0) is 12.9 Å². The van der Waals surface area contributed by atoms with Crippen molar-refractivity contribution in [2.24, 2.45) is 7.05 Å². The van der Waals surface area contributed by atoms with Gasteiger partial charge in [-0.05, 0) is 31.5 Å². The van der Waals surface area contributed by atoms with E-state index in [1.165, 1.54) is 0 Å². The topological polar surface area (TPSA) is 35.6 Å². The highest BCUT2D eigenvalue weighted by molar-refractivity contribution is 6.32. The molecule has 0 aliphatic heterocycles. The molecule has 0 fully saturated rings. The second kappa shape index (κ2) is 4.79. The van der Waals surface area contributed by atoms with Gasteiger partial charge in [0.05, 0.1) is 22.3 Å². The molecule has 0 N–H and O–H groups in total. The molecule has 2 aromatic heterocycles. The predicted molar refractivity (Wildman–Crippen MR) is 81.9 cm³/mol. The van der Waals surface area contributed by atoms with Gasteiger partial charge in [-0.1, -0.05) is 17.7 Å². The number of halogens is 2. The molecule has 0 atom stereocenters. The zero-order chi connectivity index (χ0) is 14.4. The summed E-state index contributed by atoms with van der Waals surface area (Å²) in [5.41, 5.74) is 4.64. The Morgan fingerprint density at radius 1 is 1.25 bits per heavy atom. The molecule has 0 bridgehead atoms. The average molecular weight is 309 g/mol. The van der Waals surface area contributed by atoms with E-state index in [9.17, 15) is 0 Å². The molecule has 6 heteroatoms. The Hall–Kier alpha value is -1.52. The lowest BCUT2D eigenvalue weighted by Crippen LogP contribution is -2.05. The highest BCUT2D eigenvalue weighted by Gasteiger charge is 2.19. The van der Waals surface area contributed by atoms with E-state index in [0.29, 0.717) is 10.9 Å². The first-order valence-corrected chi connectivity index (χ1v) is 7.17. The van der Waals surface area contributed by atoms with Gasteiger partial charge in [0, 0.05) is 7.05 Å². The number of hydrogen-bond acceptors (Lipinski definition) is 2. The normalized spacial score (nSPS) is 11.4. The fourth-order valence-electron chi connectivity index (χ4n) is 2.45. The molecule has 2 heterocycles. The van der Waals surface area contributed by atoms with Gasteiger partial charge in [-0.3, -0.25) is 4.57 Å². The number of aryl methyl sites for hydroxylation is 3. The van der Waals surface area contributed by atoms with E-state index in [-0.39, 0.29) is 0 Å². The van der Waals surface area contributed by atoms with E-state index in [4.69, 9.17) is 23.2 Å². The van der Waals surface area contributed by atoms with Crippen molar-refractivity contribution in [2.45, 2.75) is 19.7 Å². The van der Waals surface area contributed by atoms with Crippen molar-refractivity contribution in [3.63, 3.8) is 0 Å². The third kappa shape index (κ3) is 1.91. The van der Waals surface area contributed by atoms with Gasteiger partial charge in [0.2, 0.25) is 0 Å². The molecule has 3 aromatic rings. The fraction of sp³-hybridized carbons (Fsp3) is 0.286. The second-order valence-electron chi connectivity index (χ2n) is 4.83. The van der Waals surface area contributed by atoms with Crippen LogP contribution < -0.4 is 0 Å². The van der Waals surface area contributed by atoms with Crippen molar-refractivity contribution >= 4 is 34.4 Å². The van der Waals surface area contributed by atoms with Crippen molar-refractivity contribution in [1.29, 1.82) is 0 Å². The molecule has 0 spiro atoms. The Morgan fingerprint density at radius 3 is 2.65 bits per heavy atom. The Morgan fingerprint density at radius 2 is 2.00 bits per heavy atom. The van der Waals surface area contributed by atoms with Crippen LogP contribution in [0.4, 0.5) is 0 Å². The molecule has 0 saturated heterocycles. The summed E-state index contributed by atoms with van der Waals surface area (Å²) in [4.78, 5) is 4.58. The number of alkyl halides is 1. The number of nitrogens with zero attached hydrogens (tertiary/aromatic N) is 4. The van der Waals surface area contributed by atoms with E-state index in [1.807, 2.05) is 48.3 Å². The van der Waals surface area contributed by atoms with Crippen molar-refractivity contribution in [3.05, 3.63) is 40.3 Å². The van der Waals surface area contributed by atoms with Crippen LogP contribution in [0.15, 0.2) is 18.2 Å². The Kier molecular flexibility index (Phi) is 3.22. The predicted octanol–water partition coefficient (Wildman–Crippen LogP) is 3.77. The highest BCUT2D eigenvalue weighted by atomic mass is 35.5. The first kappa shape index (κ1) is 13.5. The number of fused-ring (bicyclic) bond motifs is 1. The molecule has 0 aliphatic rings. The summed E-state index contributed by atoms with van der Waals surface area (Å²) in [6.45, 7) is 3.95. The number of hydrogen-bond donors (Lipinski definition) is 0. The molecular formula is C14H14Cl2N4. The quantitative estimate of drug-likeness (QED) is 0.676. The molecule has 0 saturated carbocycles. The largest absolute Gasteiger partial charge is 0.278 e. The van der Waals surface area contributed by atoms with Crippen molar-refractivity contribution in [1.82, 2.24) is 19.3 Å². The van der Waals surface area contributed by atoms with Crippen molar-refractivity contribution in [3.8, 4) is 5.69 Å². The van der Waals surface area contributed by atoms with Gasteiger partial charge in [0.25, 0.3) is 0 Å². The minimum atomic E-state index is 0.318. The first-order valence-electron chi connectivity index (χ1n) is 6.26. The molecule has 0 radical (unpaired) electrons. The van der Waals surface area contributed by atoms with E-state index in [0.717, 1.165) is 33.9 Å². The Labute approximate surface area is 126 Å². The van der Waals surface area contributed by atoms with Crippen LogP contribution in [0.1, 0.15) is 17.1 Å². The summed E-state index contributed by atoms with van der Waals surface area (Å²) in [6, 6.07) is 5.94. The maximum Gasteiger partial charge on any atom is 0.163 e. The third-order valence-corrected chi connectivity index (χ3v) is 3.88. The number of benzene rings is 1. The summed E-state index contributed by atoms with van der Waals surface area (Å²) in [6.07, 6.45) is 0. The van der Waals surface area contributed by atoms with E-state index < -0.39 is 0 Å². The molecule has 0 amide bonds. The number of rotatable bonds is 2. The summed E-state index contributed by atoms with van der Waals surface area (Å²) < 4.78 is 3.79. The van der Waals surface area contributed by atoms with Gasteiger partial charge in [0.1, 0.15) is 11.3 Å². The van der Waals surface area contributed by atoms with Crippen molar-refractivity contribution < 1.29 is 0 Å². The molecule has 104 valence electrons. The summed E-state index contributed by atoms with van der Waals surface area (Å²) in [5, 5.41) is 5.08. The Balaban J connectivity index is 2.39. The van der Waals surface area contributed by atoms with Crippen LogP contribution in [0, 0.1) is 13.8 Å². The fourth-order valence-corrected chi connectivity index (χ4v) is 2.95. The molecule has 4 nitrogen and oxygen atoms in total. The van der Waals surface area contributed by atoms with Gasteiger partial charge in [-0.2, -0.15) is 5.10 Å². The molecule has 3 rings (SSSR count). The SMILES string of the molecule is Cc1ccc(-n2c(CCl)nc3c(C)nn(C)c32)c(Cl)c1. The highest BCUT2D eigenvalue weighted by Crippen LogP contribution is 2.29. The zero-order valence-corrected chi connectivity index (χ0v) is 13.0. The van der Waals surface area contributed by atoms with E-state index in [1.54, 1.807) is 0 Å². The minimum absolute atomic E-state index is 0.318. The summed E-state index contributed by atoms with van der Waals surface area (Å²) in [5.74, 6) is 1.08. The maximum atomic E-state index is 6.39. The zero-order valence-electron chi connectivity index (χ0n) is 11.5. The monoisotopic (exact) mass is 308 g/mol. The molecule has 1 aromatic carbocycles. The third-order valence-electron chi connectivity index (χ3n) is 3.34. The lowest BCUT2D eigenvalue weighted by molar-refractivity contribution is 0.755. The maximum absolute atomic E-state index is 6.39. The van der Waals surface area contributed by atoms with Crippen LogP contribution in [0.3, 0.4) is 0 Å². The Bertz CT molecular complexity index is 801. The number of aromatic nitrogens is 4. The standard InChI is InChI=1S/C14H14Cl2N4/c1-8-4-5-11(10(16)6-8)20-12(7-15)17-13-9(2)18-19(3)14(13)20/h4-6H,7H2,1-3H3. The summed E-state index contributed by atoms with van der Waals surface area (Å²) >= 11 is 12.4. The van der Waals surface area contributed by atoms with Crippen LogP contribution in [0.2, 0.25) is 5.02 Å². The van der Waals surface area contributed by atoms with Gasteiger partial charge < -0.3 is 0 Å². The average Bonchev–Trinajstić information content (AvgIpc) is 2.89. The molecular weight excluding hydrogens is 295 g/mol. The van der Waals surface area contributed by atoms with Crippen LogP contribution in [0.25, 0.3) is 16.9 Å². The van der Waals surface area contributed by atoms with Gasteiger partial charge >= 0.3 is 0 Å². The molecule has 0 unspecified atom stereocenters. The molecule has 20 heavy (non-hydrogen) atoms. The van der Waals surface area contributed by atoms with Gasteiger partial charge in [-0.15, -0.1) is 11.6 Å². The van der Waals surface area contributed by atoms with Gasteiger partial charge in [-0.25, -0.2) is 9.67 Å². The van der Waals surface area contributed by atoms with Crippen molar-refractivity contribution in [2.75, 3.05) is 0 Å². The van der Waals surface area contributed by atoms with Gasteiger partial charge in [0.15, 0.2) is 5.65 Å². The molecule has 0 aliphatic carbocycles. The summed E-state index contributed by atoms with van der Waals surface area (Å²) in [7, 11) is 1.90. The second-order valence-corrected chi connectivity index (χ2v) is 5.51. The lowest BCUT2D eigenvalue weighted by atomic mass is 10.2. The first-order chi connectivity index (χ1) is 9.52. The van der Waals surface area contributed by atoms with Crippen LogP contribution >= 0.6 is 23.2 Å². The number of imidazole rings is 1. The van der Waals surface area contributed by atoms with E-state index in [2.05, 4.69) is 10.1 Å².